The Balaban J connectivity index is 1.79. The minimum absolute atomic E-state index is 0.0323. The highest BCUT2D eigenvalue weighted by Crippen LogP contribution is 2.19. The Labute approximate surface area is 133 Å². The predicted molar refractivity (Wildman–Crippen MR) is 89.0 cm³/mol. The van der Waals surface area contributed by atoms with Gasteiger partial charge in [-0.15, -0.1) is 0 Å². The van der Waals surface area contributed by atoms with Gasteiger partial charge in [-0.25, -0.2) is 0 Å². The standard InChI is InChI=1S/C18H28N2O2/c1-15(16-7-5-4-6-8-16)13-17(21)19-14-18(2,3)20-9-11-22-12-10-20/h4-8,15H,9-14H2,1-3H3,(H,19,21)/t15-/m1/s1. The van der Waals surface area contributed by atoms with Crippen LogP contribution in [0.15, 0.2) is 30.3 Å². The molecule has 0 bridgehead atoms. The molecule has 4 heteroatoms. The molecule has 0 unspecified atom stereocenters. The molecule has 0 spiro atoms. The molecule has 1 N–H and O–H groups in total. The highest BCUT2D eigenvalue weighted by Gasteiger charge is 2.28. The second-order valence-electron chi connectivity index (χ2n) is 6.70. The molecule has 1 aliphatic rings. The van der Waals surface area contributed by atoms with Gasteiger partial charge in [-0.05, 0) is 25.3 Å². The van der Waals surface area contributed by atoms with Crippen LogP contribution in [0.5, 0.6) is 0 Å². The molecular weight excluding hydrogens is 276 g/mol. The van der Waals surface area contributed by atoms with E-state index in [-0.39, 0.29) is 17.4 Å². The zero-order valence-electron chi connectivity index (χ0n) is 14.0. The third kappa shape index (κ3) is 4.82. The molecule has 1 aromatic rings. The van der Waals surface area contributed by atoms with Crippen molar-refractivity contribution >= 4 is 5.91 Å². The van der Waals surface area contributed by atoms with Crippen LogP contribution in [0.2, 0.25) is 0 Å². The Morgan fingerprint density at radius 3 is 2.55 bits per heavy atom. The van der Waals surface area contributed by atoms with Crippen LogP contribution in [0, 0.1) is 0 Å². The quantitative estimate of drug-likeness (QED) is 0.877. The number of morpholine rings is 1. The number of nitrogens with one attached hydrogen (secondary N) is 1. The summed E-state index contributed by atoms with van der Waals surface area (Å²) in [4.78, 5) is 14.6. The van der Waals surface area contributed by atoms with Crippen LogP contribution in [-0.4, -0.2) is 49.2 Å². The third-order valence-electron chi connectivity index (χ3n) is 4.45. The average Bonchev–Trinajstić information content (AvgIpc) is 2.55. The number of amides is 1. The van der Waals surface area contributed by atoms with Gasteiger partial charge in [-0.1, -0.05) is 37.3 Å². The minimum Gasteiger partial charge on any atom is -0.379 e. The first kappa shape index (κ1) is 17.0. The largest absolute Gasteiger partial charge is 0.379 e. The average molecular weight is 304 g/mol. The molecule has 1 atom stereocenters. The summed E-state index contributed by atoms with van der Waals surface area (Å²) in [5, 5.41) is 3.10. The van der Waals surface area contributed by atoms with Crippen molar-refractivity contribution in [2.24, 2.45) is 0 Å². The van der Waals surface area contributed by atoms with Gasteiger partial charge in [0.15, 0.2) is 0 Å². The van der Waals surface area contributed by atoms with Gasteiger partial charge in [0, 0.05) is 31.6 Å². The lowest BCUT2D eigenvalue weighted by Gasteiger charge is -2.40. The van der Waals surface area contributed by atoms with Gasteiger partial charge in [-0.2, -0.15) is 0 Å². The number of carbonyl (C=O) groups excluding carboxylic acids is 1. The molecule has 1 fully saturated rings. The van der Waals surface area contributed by atoms with E-state index in [1.165, 1.54) is 5.56 Å². The van der Waals surface area contributed by atoms with Gasteiger partial charge in [-0.3, -0.25) is 9.69 Å². The Hall–Kier alpha value is -1.39. The number of benzene rings is 1. The SMILES string of the molecule is C[C@H](CC(=O)NCC(C)(C)N1CCOCC1)c1ccccc1. The van der Waals surface area contributed by atoms with E-state index in [0.717, 1.165) is 26.3 Å². The fourth-order valence-electron chi connectivity index (χ4n) is 2.85. The maximum atomic E-state index is 12.2. The van der Waals surface area contributed by atoms with Crippen molar-refractivity contribution < 1.29 is 9.53 Å². The van der Waals surface area contributed by atoms with E-state index in [4.69, 9.17) is 4.74 Å². The number of nitrogens with zero attached hydrogens (tertiary/aromatic N) is 1. The first-order chi connectivity index (χ1) is 10.5. The maximum absolute atomic E-state index is 12.2. The zero-order chi connectivity index (χ0) is 16.0. The number of ether oxygens (including phenoxy) is 1. The summed E-state index contributed by atoms with van der Waals surface area (Å²) in [7, 11) is 0. The van der Waals surface area contributed by atoms with E-state index in [2.05, 4.69) is 43.1 Å². The van der Waals surface area contributed by atoms with E-state index >= 15 is 0 Å². The van der Waals surface area contributed by atoms with E-state index in [1.54, 1.807) is 0 Å². The zero-order valence-corrected chi connectivity index (χ0v) is 14.0. The molecule has 22 heavy (non-hydrogen) atoms. The second kappa shape index (κ2) is 7.75. The third-order valence-corrected chi connectivity index (χ3v) is 4.45. The fraction of sp³-hybridized carbons (Fsp3) is 0.611. The summed E-state index contributed by atoms with van der Waals surface area (Å²) >= 11 is 0. The summed E-state index contributed by atoms with van der Waals surface area (Å²) in [6.45, 7) is 10.6. The molecular formula is C18H28N2O2. The van der Waals surface area contributed by atoms with Crippen molar-refractivity contribution in [3.63, 3.8) is 0 Å². The van der Waals surface area contributed by atoms with Crippen molar-refractivity contribution in [2.75, 3.05) is 32.8 Å². The van der Waals surface area contributed by atoms with Gasteiger partial charge < -0.3 is 10.1 Å². The van der Waals surface area contributed by atoms with Crippen LogP contribution < -0.4 is 5.32 Å². The van der Waals surface area contributed by atoms with Gasteiger partial charge in [0.2, 0.25) is 5.91 Å². The molecule has 1 amide bonds. The highest BCUT2D eigenvalue weighted by atomic mass is 16.5. The van der Waals surface area contributed by atoms with Crippen LogP contribution in [0.25, 0.3) is 0 Å². The van der Waals surface area contributed by atoms with E-state index < -0.39 is 0 Å². The molecule has 2 rings (SSSR count). The topological polar surface area (TPSA) is 41.6 Å². The van der Waals surface area contributed by atoms with Crippen molar-refractivity contribution in [1.29, 1.82) is 0 Å². The van der Waals surface area contributed by atoms with Gasteiger partial charge in [0.1, 0.15) is 0 Å². The Bertz CT molecular complexity index is 467. The van der Waals surface area contributed by atoms with Crippen molar-refractivity contribution in [2.45, 2.75) is 38.6 Å². The highest BCUT2D eigenvalue weighted by molar-refractivity contribution is 5.76. The summed E-state index contributed by atoms with van der Waals surface area (Å²) in [6.07, 6.45) is 0.531. The monoisotopic (exact) mass is 304 g/mol. The van der Waals surface area contributed by atoms with Crippen molar-refractivity contribution in [1.82, 2.24) is 10.2 Å². The lowest BCUT2D eigenvalue weighted by atomic mass is 9.97. The fourth-order valence-corrected chi connectivity index (χ4v) is 2.85. The normalized spacial score (nSPS) is 18.0. The van der Waals surface area contributed by atoms with E-state index in [9.17, 15) is 4.79 Å². The minimum atomic E-state index is -0.0323. The lowest BCUT2D eigenvalue weighted by molar-refractivity contribution is -0.122. The van der Waals surface area contributed by atoms with Crippen LogP contribution in [0.4, 0.5) is 0 Å². The summed E-state index contributed by atoms with van der Waals surface area (Å²) < 4.78 is 5.39. The number of hydrogen-bond acceptors (Lipinski definition) is 3. The molecule has 0 saturated carbocycles. The summed E-state index contributed by atoms with van der Waals surface area (Å²) in [5.41, 5.74) is 1.18. The van der Waals surface area contributed by atoms with Gasteiger partial charge >= 0.3 is 0 Å². The molecule has 1 saturated heterocycles. The Morgan fingerprint density at radius 2 is 1.91 bits per heavy atom. The lowest BCUT2D eigenvalue weighted by Crippen LogP contribution is -2.55. The molecule has 1 aliphatic heterocycles. The summed E-state index contributed by atoms with van der Waals surface area (Å²) in [5.74, 6) is 0.366. The van der Waals surface area contributed by atoms with Crippen LogP contribution in [0.1, 0.15) is 38.7 Å². The molecule has 0 aromatic heterocycles. The van der Waals surface area contributed by atoms with Crippen molar-refractivity contribution in [3.8, 4) is 0 Å². The number of rotatable bonds is 6. The van der Waals surface area contributed by atoms with Crippen LogP contribution in [0.3, 0.4) is 0 Å². The maximum Gasteiger partial charge on any atom is 0.220 e. The molecule has 0 radical (unpaired) electrons. The molecule has 0 aliphatic carbocycles. The molecule has 1 aromatic carbocycles. The van der Waals surface area contributed by atoms with Gasteiger partial charge in [0.05, 0.1) is 13.2 Å². The molecule has 4 nitrogen and oxygen atoms in total. The molecule has 1 heterocycles. The van der Waals surface area contributed by atoms with Crippen LogP contribution in [-0.2, 0) is 9.53 Å². The van der Waals surface area contributed by atoms with E-state index in [1.807, 2.05) is 18.2 Å². The van der Waals surface area contributed by atoms with Crippen LogP contribution >= 0.6 is 0 Å². The first-order valence-electron chi connectivity index (χ1n) is 8.13. The predicted octanol–water partition coefficient (Wildman–Crippen LogP) is 2.41. The Kier molecular flexibility index (Phi) is 5.98. The first-order valence-corrected chi connectivity index (χ1v) is 8.13. The second-order valence-corrected chi connectivity index (χ2v) is 6.70. The van der Waals surface area contributed by atoms with Crippen molar-refractivity contribution in [3.05, 3.63) is 35.9 Å². The molecule has 122 valence electrons. The van der Waals surface area contributed by atoms with Gasteiger partial charge in [0.25, 0.3) is 0 Å². The Morgan fingerprint density at radius 1 is 1.27 bits per heavy atom. The smallest absolute Gasteiger partial charge is 0.220 e. The van der Waals surface area contributed by atoms with E-state index in [0.29, 0.717) is 13.0 Å². The summed E-state index contributed by atoms with van der Waals surface area (Å²) in [6, 6.07) is 10.2. The number of hydrogen-bond donors (Lipinski definition) is 1. The number of carbonyl (C=O) groups is 1.